The quantitative estimate of drug-likeness (QED) is 0.806. The summed E-state index contributed by atoms with van der Waals surface area (Å²) in [4.78, 5) is 22.9. The lowest BCUT2D eigenvalue weighted by atomic mass is 9.86. The second-order valence-electron chi connectivity index (χ2n) is 3.91. The lowest BCUT2D eigenvalue weighted by Gasteiger charge is -2.21. The normalized spacial score (nSPS) is 17.1. The number of aliphatic carboxylic acids is 1. The Morgan fingerprint density at radius 2 is 2.00 bits per heavy atom. The van der Waals surface area contributed by atoms with Crippen molar-refractivity contribution in [3.05, 3.63) is 41.5 Å². The minimum absolute atomic E-state index is 0.376. The number of amides is 1. The zero-order chi connectivity index (χ0) is 13.1. The van der Waals surface area contributed by atoms with Crippen LogP contribution in [0.15, 0.2) is 30.3 Å². The molecule has 1 aliphatic rings. The largest absolute Gasteiger partial charge is 0.480 e. The van der Waals surface area contributed by atoms with Gasteiger partial charge >= 0.3 is 5.97 Å². The van der Waals surface area contributed by atoms with Gasteiger partial charge in [0.05, 0.1) is 5.92 Å². The molecular formula is C13H11NO3S. The van der Waals surface area contributed by atoms with Gasteiger partial charge in [-0.05, 0) is 17.2 Å². The van der Waals surface area contributed by atoms with Crippen LogP contribution in [0.5, 0.6) is 0 Å². The lowest BCUT2D eigenvalue weighted by molar-refractivity contribution is -0.137. The fraction of sp³-hybridized carbons (Fsp3) is 0.154. The predicted molar refractivity (Wildman–Crippen MR) is 71.5 cm³/mol. The van der Waals surface area contributed by atoms with E-state index in [4.69, 9.17) is 17.3 Å². The molecule has 0 aromatic heterocycles. The van der Waals surface area contributed by atoms with E-state index in [1.165, 1.54) is 0 Å². The van der Waals surface area contributed by atoms with Crippen LogP contribution in [0.25, 0.3) is 6.08 Å². The zero-order valence-electron chi connectivity index (χ0n) is 9.42. The van der Waals surface area contributed by atoms with Gasteiger partial charge in [-0.2, -0.15) is 0 Å². The van der Waals surface area contributed by atoms with Crippen molar-refractivity contribution in [2.24, 2.45) is 0 Å². The molecule has 18 heavy (non-hydrogen) atoms. The number of hydrogen-bond acceptors (Lipinski definition) is 3. The summed E-state index contributed by atoms with van der Waals surface area (Å²) in [7, 11) is 0. The van der Waals surface area contributed by atoms with Crippen molar-refractivity contribution in [1.29, 1.82) is 0 Å². The molecule has 0 radical (unpaired) electrons. The number of rotatable bonds is 3. The van der Waals surface area contributed by atoms with Gasteiger partial charge in [0.1, 0.15) is 6.54 Å². The molecule has 1 aromatic carbocycles. The van der Waals surface area contributed by atoms with Crippen LogP contribution in [0.2, 0.25) is 0 Å². The average Bonchev–Trinajstić information content (AvgIpc) is 2.36. The minimum Gasteiger partial charge on any atom is -0.480 e. The highest BCUT2D eigenvalue weighted by molar-refractivity contribution is 7.81. The molecule has 0 saturated carbocycles. The lowest BCUT2D eigenvalue weighted by Crippen LogP contribution is -2.36. The van der Waals surface area contributed by atoms with Crippen LogP contribution in [0.1, 0.15) is 17.0 Å². The average molecular weight is 261 g/mol. The molecule has 1 aliphatic carbocycles. The monoisotopic (exact) mass is 261 g/mol. The maximum Gasteiger partial charge on any atom is 0.322 e. The minimum atomic E-state index is -1.08. The zero-order valence-corrected chi connectivity index (χ0v) is 10.2. The highest BCUT2D eigenvalue weighted by atomic mass is 32.1. The molecule has 0 bridgehead atoms. The van der Waals surface area contributed by atoms with Gasteiger partial charge in [0.25, 0.3) is 0 Å². The summed E-state index contributed by atoms with van der Waals surface area (Å²) in [6.07, 6.45) is 3.57. The summed E-state index contributed by atoms with van der Waals surface area (Å²) in [6.45, 7) is -0.399. The molecule has 1 atom stereocenters. The van der Waals surface area contributed by atoms with Gasteiger partial charge in [-0.1, -0.05) is 42.6 Å². The number of nitrogens with one attached hydrogen (secondary N) is 1. The Hall–Kier alpha value is -2.01. The molecule has 1 unspecified atom stereocenters. The van der Waals surface area contributed by atoms with E-state index in [2.05, 4.69) is 5.32 Å². The van der Waals surface area contributed by atoms with E-state index in [9.17, 15) is 9.59 Å². The molecular weight excluding hydrogens is 250 g/mol. The number of benzene rings is 1. The first-order valence-electron chi connectivity index (χ1n) is 5.40. The van der Waals surface area contributed by atoms with Crippen LogP contribution in [-0.4, -0.2) is 28.4 Å². The first-order valence-corrected chi connectivity index (χ1v) is 5.81. The van der Waals surface area contributed by atoms with E-state index in [1.54, 1.807) is 6.08 Å². The van der Waals surface area contributed by atoms with E-state index in [0.29, 0.717) is 4.86 Å². The van der Waals surface area contributed by atoms with Gasteiger partial charge in [0.15, 0.2) is 0 Å². The molecule has 1 amide bonds. The van der Waals surface area contributed by atoms with Gasteiger partial charge in [-0.15, -0.1) is 0 Å². The number of carbonyl (C=O) groups excluding carboxylic acids is 1. The SMILES string of the molecule is O=C(O)CNC(=O)C1C(=S)C=Cc2ccccc21. The Bertz CT molecular complexity index is 551. The third-order valence-corrected chi connectivity index (χ3v) is 3.07. The molecule has 2 N–H and O–H groups in total. The Morgan fingerprint density at radius 1 is 1.28 bits per heavy atom. The first-order chi connectivity index (χ1) is 8.59. The summed E-state index contributed by atoms with van der Waals surface area (Å²) < 4.78 is 0. The summed E-state index contributed by atoms with van der Waals surface area (Å²) in [5.41, 5.74) is 1.74. The van der Waals surface area contributed by atoms with Crippen LogP contribution < -0.4 is 5.32 Å². The van der Waals surface area contributed by atoms with Gasteiger partial charge in [0, 0.05) is 4.86 Å². The number of hydrogen-bond donors (Lipinski definition) is 2. The van der Waals surface area contributed by atoms with Gasteiger partial charge in [-0.25, -0.2) is 0 Å². The predicted octanol–water partition coefficient (Wildman–Crippen LogP) is 1.37. The van der Waals surface area contributed by atoms with Crippen molar-refractivity contribution in [3.8, 4) is 0 Å². The molecule has 0 saturated heterocycles. The maximum atomic E-state index is 12.0. The molecule has 0 heterocycles. The van der Waals surface area contributed by atoms with Crippen molar-refractivity contribution in [2.75, 3.05) is 6.54 Å². The van der Waals surface area contributed by atoms with Gasteiger partial charge in [0.2, 0.25) is 5.91 Å². The van der Waals surface area contributed by atoms with Crippen molar-refractivity contribution in [1.82, 2.24) is 5.32 Å². The fourth-order valence-corrected chi connectivity index (χ4v) is 2.18. The van der Waals surface area contributed by atoms with Crippen molar-refractivity contribution in [2.45, 2.75) is 5.92 Å². The smallest absolute Gasteiger partial charge is 0.322 e. The third kappa shape index (κ3) is 2.46. The Balaban J connectivity index is 2.26. The highest BCUT2D eigenvalue weighted by Gasteiger charge is 2.27. The number of fused-ring (bicyclic) bond motifs is 1. The van der Waals surface area contributed by atoms with E-state index in [1.807, 2.05) is 30.3 Å². The van der Waals surface area contributed by atoms with E-state index < -0.39 is 18.4 Å². The topological polar surface area (TPSA) is 66.4 Å². The van der Waals surface area contributed by atoms with E-state index >= 15 is 0 Å². The Morgan fingerprint density at radius 3 is 2.72 bits per heavy atom. The summed E-state index contributed by atoms with van der Waals surface area (Å²) in [5, 5.41) is 10.9. The van der Waals surface area contributed by atoms with Crippen molar-refractivity contribution in [3.63, 3.8) is 0 Å². The number of carbonyl (C=O) groups is 2. The van der Waals surface area contributed by atoms with Crippen LogP contribution in [0.4, 0.5) is 0 Å². The molecule has 0 aliphatic heterocycles. The molecule has 92 valence electrons. The fourth-order valence-electron chi connectivity index (χ4n) is 1.88. The summed E-state index contributed by atoms with van der Waals surface area (Å²) in [5.74, 6) is -2.03. The number of thiocarbonyl (C=S) groups is 1. The first kappa shape index (κ1) is 12.4. The molecule has 1 aromatic rings. The number of carboxylic acids is 1. The van der Waals surface area contributed by atoms with Gasteiger partial charge < -0.3 is 10.4 Å². The van der Waals surface area contributed by atoms with E-state index in [0.717, 1.165) is 11.1 Å². The summed E-state index contributed by atoms with van der Waals surface area (Å²) >= 11 is 5.16. The van der Waals surface area contributed by atoms with Crippen molar-refractivity contribution < 1.29 is 14.7 Å². The van der Waals surface area contributed by atoms with Crippen LogP contribution >= 0.6 is 12.2 Å². The van der Waals surface area contributed by atoms with E-state index in [-0.39, 0.29) is 5.91 Å². The Kier molecular flexibility index (Phi) is 3.53. The Labute approximate surface area is 109 Å². The molecule has 4 nitrogen and oxygen atoms in total. The van der Waals surface area contributed by atoms with Crippen LogP contribution in [0, 0.1) is 0 Å². The maximum absolute atomic E-state index is 12.0. The molecule has 0 spiro atoms. The number of carboxylic acid groups (broad SMARTS) is 1. The number of allylic oxidation sites excluding steroid dienone is 1. The van der Waals surface area contributed by atoms with Crippen molar-refractivity contribution >= 4 is 35.0 Å². The molecule has 0 fully saturated rings. The van der Waals surface area contributed by atoms with Crippen LogP contribution in [-0.2, 0) is 9.59 Å². The molecule has 5 heteroatoms. The summed E-state index contributed by atoms with van der Waals surface area (Å²) in [6, 6.07) is 7.43. The second kappa shape index (κ2) is 5.10. The standard InChI is InChI=1S/C13H11NO3S/c15-11(16)7-14-13(17)12-9-4-2-1-3-8(9)5-6-10(12)18/h1-6,12H,7H2,(H,14,17)(H,15,16). The van der Waals surface area contributed by atoms with Crippen LogP contribution in [0.3, 0.4) is 0 Å². The highest BCUT2D eigenvalue weighted by Crippen LogP contribution is 2.28. The molecule has 2 rings (SSSR count). The van der Waals surface area contributed by atoms with Gasteiger partial charge in [-0.3, -0.25) is 9.59 Å². The third-order valence-electron chi connectivity index (χ3n) is 2.69. The second-order valence-corrected chi connectivity index (χ2v) is 4.38.